The maximum atomic E-state index is 12.4. The second kappa shape index (κ2) is 6.63. The van der Waals surface area contributed by atoms with E-state index < -0.39 is 0 Å². The fraction of sp³-hybridized carbons (Fsp3) is 0.105. The number of hydrogen-bond acceptors (Lipinski definition) is 1. The highest BCUT2D eigenvalue weighted by Gasteiger charge is 2.08. The first kappa shape index (κ1) is 14.6. The highest BCUT2D eigenvalue weighted by atomic mass is 35.5. The molecule has 3 aromatic rings. The molecule has 2 nitrogen and oxygen atoms in total. The molecular formula is C19H16ClNO. The highest BCUT2D eigenvalue weighted by molar-refractivity contribution is 6.30. The molecule has 3 aromatic carbocycles. The van der Waals surface area contributed by atoms with Crippen LogP contribution in [0.3, 0.4) is 0 Å². The van der Waals surface area contributed by atoms with Crippen molar-refractivity contribution >= 4 is 28.3 Å². The van der Waals surface area contributed by atoms with Crippen LogP contribution in [0.4, 0.5) is 0 Å². The van der Waals surface area contributed by atoms with Crippen LogP contribution in [0, 0.1) is 0 Å². The smallest absolute Gasteiger partial charge is 0.251 e. The second-order valence-electron chi connectivity index (χ2n) is 5.16. The molecule has 0 atom stereocenters. The van der Waals surface area contributed by atoms with Crippen molar-refractivity contribution < 1.29 is 4.79 Å². The molecule has 0 radical (unpaired) electrons. The Labute approximate surface area is 134 Å². The normalized spacial score (nSPS) is 10.6. The molecule has 0 spiro atoms. The molecule has 3 rings (SSSR count). The fourth-order valence-electron chi connectivity index (χ4n) is 2.53. The Morgan fingerprint density at radius 1 is 0.955 bits per heavy atom. The van der Waals surface area contributed by atoms with Crippen LogP contribution in [-0.4, -0.2) is 12.5 Å². The molecule has 0 aromatic heterocycles. The summed E-state index contributed by atoms with van der Waals surface area (Å²) < 4.78 is 0. The first-order valence-electron chi connectivity index (χ1n) is 7.24. The van der Waals surface area contributed by atoms with Crippen molar-refractivity contribution in [3.63, 3.8) is 0 Å². The molecule has 0 saturated heterocycles. The van der Waals surface area contributed by atoms with Gasteiger partial charge in [-0.2, -0.15) is 0 Å². The molecule has 110 valence electrons. The molecule has 0 unspecified atom stereocenters. The van der Waals surface area contributed by atoms with E-state index in [1.165, 1.54) is 0 Å². The molecule has 0 fully saturated rings. The topological polar surface area (TPSA) is 29.1 Å². The molecular weight excluding hydrogens is 294 g/mol. The van der Waals surface area contributed by atoms with Gasteiger partial charge >= 0.3 is 0 Å². The van der Waals surface area contributed by atoms with Crippen LogP contribution in [0.2, 0.25) is 5.02 Å². The molecule has 22 heavy (non-hydrogen) atoms. The first-order chi connectivity index (χ1) is 10.7. The van der Waals surface area contributed by atoms with Crippen molar-refractivity contribution in [1.29, 1.82) is 0 Å². The van der Waals surface area contributed by atoms with Crippen LogP contribution in [-0.2, 0) is 6.42 Å². The number of benzene rings is 3. The van der Waals surface area contributed by atoms with Gasteiger partial charge in [0.1, 0.15) is 0 Å². The number of amides is 1. The van der Waals surface area contributed by atoms with Crippen molar-refractivity contribution in [2.75, 3.05) is 6.54 Å². The summed E-state index contributed by atoms with van der Waals surface area (Å²) in [4.78, 5) is 12.4. The average Bonchev–Trinajstić information content (AvgIpc) is 2.54. The number of carbonyl (C=O) groups excluding carboxylic acids is 1. The molecule has 0 aliphatic heterocycles. The minimum absolute atomic E-state index is 0.0428. The monoisotopic (exact) mass is 309 g/mol. The summed E-state index contributed by atoms with van der Waals surface area (Å²) in [5.74, 6) is -0.0428. The van der Waals surface area contributed by atoms with Crippen LogP contribution < -0.4 is 5.32 Å². The lowest BCUT2D eigenvalue weighted by Crippen LogP contribution is -2.25. The van der Waals surface area contributed by atoms with E-state index >= 15 is 0 Å². The third-order valence-corrected chi connectivity index (χ3v) is 3.86. The lowest BCUT2D eigenvalue weighted by atomic mass is 10.0. The van der Waals surface area contributed by atoms with Gasteiger partial charge in [-0.3, -0.25) is 4.79 Å². The van der Waals surface area contributed by atoms with E-state index in [0.29, 0.717) is 12.1 Å². The molecule has 1 N–H and O–H groups in total. The third kappa shape index (κ3) is 3.29. The zero-order valence-electron chi connectivity index (χ0n) is 12.1. The van der Waals surface area contributed by atoms with Gasteiger partial charge in [0.15, 0.2) is 0 Å². The van der Waals surface area contributed by atoms with Crippen molar-refractivity contribution in [3.05, 3.63) is 82.9 Å². The summed E-state index contributed by atoms with van der Waals surface area (Å²) in [5, 5.41) is 5.75. The van der Waals surface area contributed by atoms with Crippen molar-refractivity contribution in [3.8, 4) is 0 Å². The Balaban J connectivity index is 1.69. The van der Waals surface area contributed by atoms with Crippen LogP contribution in [0.15, 0.2) is 66.7 Å². The quantitative estimate of drug-likeness (QED) is 0.757. The summed E-state index contributed by atoms with van der Waals surface area (Å²) in [5.41, 5.74) is 1.83. The molecule has 0 aliphatic carbocycles. The zero-order valence-corrected chi connectivity index (χ0v) is 12.8. The van der Waals surface area contributed by atoms with E-state index in [-0.39, 0.29) is 5.91 Å². The maximum Gasteiger partial charge on any atom is 0.251 e. The van der Waals surface area contributed by atoms with Gasteiger partial charge in [-0.05, 0) is 41.0 Å². The number of hydrogen-bond donors (Lipinski definition) is 1. The summed E-state index contributed by atoms with van der Waals surface area (Å²) >= 11 is 5.96. The first-order valence-corrected chi connectivity index (χ1v) is 7.62. The summed E-state index contributed by atoms with van der Waals surface area (Å²) in [7, 11) is 0. The number of carbonyl (C=O) groups is 1. The SMILES string of the molecule is O=C(NCCc1cccc(Cl)c1)c1cccc2ccccc12. The van der Waals surface area contributed by atoms with E-state index in [1.54, 1.807) is 0 Å². The summed E-state index contributed by atoms with van der Waals surface area (Å²) in [6.07, 6.45) is 0.761. The van der Waals surface area contributed by atoms with E-state index in [4.69, 9.17) is 11.6 Å². The van der Waals surface area contributed by atoms with Gasteiger partial charge in [-0.1, -0.05) is 60.1 Å². The van der Waals surface area contributed by atoms with Crippen LogP contribution in [0.1, 0.15) is 15.9 Å². The minimum atomic E-state index is -0.0428. The zero-order chi connectivity index (χ0) is 15.4. The molecule has 0 bridgehead atoms. The Hall–Kier alpha value is -2.32. The Kier molecular flexibility index (Phi) is 4.40. The minimum Gasteiger partial charge on any atom is -0.352 e. The Bertz CT molecular complexity index is 808. The maximum absolute atomic E-state index is 12.4. The van der Waals surface area contributed by atoms with Crippen molar-refractivity contribution in [2.24, 2.45) is 0 Å². The fourth-order valence-corrected chi connectivity index (χ4v) is 2.74. The molecule has 3 heteroatoms. The predicted octanol–water partition coefficient (Wildman–Crippen LogP) is 4.47. The van der Waals surface area contributed by atoms with Gasteiger partial charge in [0, 0.05) is 17.1 Å². The lowest BCUT2D eigenvalue weighted by Gasteiger charge is -2.08. The van der Waals surface area contributed by atoms with Crippen LogP contribution in [0.25, 0.3) is 10.8 Å². The standard InChI is InChI=1S/C19H16ClNO/c20-16-8-3-5-14(13-16)11-12-21-19(22)18-10-4-7-15-6-1-2-9-17(15)18/h1-10,13H,11-12H2,(H,21,22). The Morgan fingerprint density at radius 3 is 2.59 bits per heavy atom. The van der Waals surface area contributed by atoms with Crippen LogP contribution in [0.5, 0.6) is 0 Å². The highest BCUT2D eigenvalue weighted by Crippen LogP contribution is 2.18. The van der Waals surface area contributed by atoms with Gasteiger partial charge < -0.3 is 5.32 Å². The number of halogens is 1. The summed E-state index contributed by atoms with van der Waals surface area (Å²) in [6, 6.07) is 21.4. The molecule has 0 heterocycles. The molecule has 0 aliphatic rings. The van der Waals surface area contributed by atoms with E-state index in [9.17, 15) is 4.79 Å². The number of fused-ring (bicyclic) bond motifs is 1. The van der Waals surface area contributed by atoms with Gasteiger partial charge in [0.25, 0.3) is 5.91 Å². The largest absolute Gasteiger partial charge is 0.352 e. The lowest BCUT2D eigenvalue weighted by molar-refractivity contribution is 0.0956. The van der Waals surface area contributed by atoms with E-state index in [1.807, 2.05) is 66.7 Å². The van der Waals surface area contributed by atoms with E-state index in [0.717, 1.165) is 27.8 Å². The van der Waals surface area contributed by atoms with E-state index in [2.05, 4.69) is 5.32 Å². The molecule has 1 amide bonds. The average molecular weight is 310 g/mol. The summed E-state index contributed by atoms with van der Waals surface area (Å²) in [6.45, 7) is 0.586. The van der Waals surface area contributed by atoms with Crippen molar-refractivity contribution in [1.82, 2.24) is 5.32 Å². The van der Waals surface area contributed by atoms with Crippen LogP contribution >= 0.6 is 11.6 Å². The molecule has 0 saturated carbocycles. The second-order valence-corrected chi connectivity index (χ2v) is 5.60. The number of nitrogens with one attached hydrogen (secondary N) is 1. The van der Waals surface area contributed by atoms with Gasteiger partial charge in [-0.25, -0.2) is 0 Å². The number of rotatable bonds is 4. The van der Waals surface area contributed by atoms with Gasteiger partial charge in [0.05, 0.1) is 0 Å². The van der Waals surface area contributed by atoms with Crippen molar-refractivity contribution in [2.45, 2.75) is 6.42 Å². The third-order valence-electron chi connectivity index (χ3n) is 3.62. The Morgan fingerprint density at radius 2 is 1.73 bits per heavy atom. The van der Waals surface area contributed by atoms with Gasteiger partial charge in [0.2, 0.25) is 0 Å². The van der Waals surface area contributed by atoms with Gasteiger partial charge in [-0.15, -0.1) is 0 Å². The predicted molar refractivity (Wildman–Crippen MR) is 91.4 cm³/mol.